The van der Waals surface area contributed by atoms with E-state index in [1.807, 2.05) is 24.3 Å². The molecule has 2 aromatic carbocycles. The average Bonchev–Trinajstić information content (AvgIpc) is 3.53. The molecule has 1 aliphatic carbocycles. The molecular weight excluding hydrogens is 462 g/mol. The van der Waals surface area contributed by atoms with Gasteiger partial charge in [-0.25, -0.2) is 4.79 Å². The van der Waals surface area contributed by atoms with E-state index in [0.717, 1.165) is 39.1 Å². The SMILES string of the molecule is O=c1cc(CSc2nnc(Cc3cccs3)n2C2CCCCC2)c2c(ccc3ccccc32)o1. The van der Waals surface area contributed by atoms with Gasteiger partial charge in [-0.2, -0.15) is 0 Å². The quantitative estimate of drug-likeness (QED) is 0.147. The third-order valence-electron chi connectivity index (χ3n) is 6.66. The Hall–Kier alpha value is -2.90. The molecule has 0 unspecified atom stereocenters. The molecule has 0 spiro atoms. The van der Waals surface area contributed by atoms with Crippen molar-refractivity contribution in [3.05, 3.63) is 86.7 Å². The van der Waals surface area contributed by atoms with E-state index >= 15 is 0 Å². The molecule has 7 heteroatoms. The van der Waals surface area contributed by atoms with E-state index in [1.165, 1.54) is 37.0 Å². The first-order chi connectivity index (χ1) is 16.8. The monoisotopic (exact) mass is 487 g/mol. The van der Waals surface area contributed by atoms with Crippen molar-refractivity contribution in [2.45, 2.75) is 55.5 Å². The van der Waals surface area contributed by atoms with Crippen LogP contribution in [0.4, 0.5) is 0 Å². The summed E-state index contributed by atoms with van der Waals surface area (Å²) in [5.74, 6) is 1.68. The molecule has 3 heterocycles. The summed E-state index contributed by atoms with van der Waals surface area (Å²) in [6.45, 7) is 0. The van der Waals surface area contributed by atoms with Crippen molar-refractivity contribution in [2.75, 3.05) is 0 Å². The van der Waals surface area contributed by atoms with Gasteiger partial charge in [0.2, 0.25) is 0 Å². The molecule has 0 bridgehead atoms. The van der Waals surface area contributed by atoms with E-state index in [0.29, 0.717) is 17.4 Å². The van der Waals surface area contributed by atoms with Crippen LogP contribution in [0.5, 0.6) is 0 Å². The van der Waals surface area contributed by atoms with Gasteiger partial charge in [0.05, 0.1) is 0 Å². The van der Waals surface area contributed by atoms with Gasteiger partial charge < -0.3 is 8.98 Å². The fourth-order valence-corrected chi connectivity index (χ4v) is 6.78. The summed E-state index contributed by atoms with van der Waals surface area (Å²) in [5.41, 5.74) is 1.30. The van der Waals surface area contributed by atoms with Crippen molar-refractivity contribution in [3.8, 4) is 0 Å². The number of benzene rings is 2. The van der Waals surface area contributed by atoms with Crippen LogP contribution < -0.4 is 5.63 Å². The maximum Gasteiger partial charge on any atom is 0.336 e. The molecule has 0 amide bonds. The van der Waals surface area contributed by atoms with Crippen molar-refractivity contribution in [1.82, 2.24) is 14.8 Å². The second-order valence-electron chi connectivity index (χ2n) is 8.86. The lowest BCUT2D eigenvalue weighted by Crippen LogP contribution is -2.16. The molecule has 34 heavy (non-hydrogen) atoms. The lowest BCUT2D eigenvalue weighted by molar-refractivity contribution is 0.330. The highest BCUT2D eigenvalue weighted by atomic mass is 32.2. The minimum Gasteiger partial charge on any atom is -0.423 e. The Kier molecular flexibility index (Phi) is 5.97. The highest BCUT2D eigenvalue weighted by Gasteiger charge is 2.24. The van der Waals surface area contributed by atoms with Gasteiger partial charge in [-0.05, 0) is 46.7 Å². The normalized spacial score (nSPS) is 14.8. The van der Waals surface area contributed by atoms with Gasteiger partial charge in [-0.15, -0.1) is 21.5 Å². The summed E-state index contributed by atoms with van der Waals surface area (Å²) in [6.07, 6.45) is 6.96. The fraction of sp³-hybridized carbons (Fsp3) is 0.296. The first-order valence-electron chi connectivity index (χ1n) is 11.8. The summed E-state index contributed by atoms with van der Waals surface area (Å²) in [4.78, 5) is 13.6. The van der Waals surface area contributed by atoms with E-state index in [2.05, 4.69) is 44.4 Å². The number of hydrogen-bond acceptors (Lipinski definition) is 6. The van der Waals surface area contributed by atoms with Crippen LogP contribution in [0, 0.1) is 0 Å². The first-order valence-corrected chi connectivity index (χ1v) is 13.7. The number of hydrogen-bond donors (Lipinski definition) is 0. The second kappa shape index (κ2) is 9.39. The Bertz CT molecular complexity index is 1500. The number of fused-ring (bicyclic) bond motifs is 3. The zero-order valence-corrected chi connectivity index (χ0v) is 20.4. The average molecular weight is 488 g/mol. The molecule has 0 saturated heterocycles. The van der Waals surface area contributed by atoms with Gasteiger partial charge in [0, 0.05) is 34.5 Å². The molecule has 1 aliphatic rings. The molecule has 3 aromatic heterocycles. The molecule has 0 atom stereocenters. The van der Waals surface area contributed by atoms with Crippen molar-refractivity contribution in [2.24, 2.45) is 0 Å². The van der Waals surface area contributed by atoms with Crippen LogP contribution in [-0.4, -0.2) is 14.8 Å². The summed E-state index contributed by atoms with van der Waals surface area (Å²) >= 11 is 3.44. The summed E-state index contributed by atoms with van der Waals surface area (Å²) in [7, 11) is 0. The van der Waals surface area contributed by atoms with Crippen LogP contribution in [0.3, 0.4) is 0 Å². The van der Waals surface area contributed by atoms with Gasteiger partial charge in [0.15, 0.2) is 5.16 Å². The Morgan fingerprint density at radius 1 is 1.03 bits per heavy atom. The van der Waals surface area contributed by atoms with Crippen molar-refractivity contribution < 1.29 is 4.42 Å². The summed E-state index contributed by atoms with van der Waals surface area (Å²) < 4.78 is 7.93. The van der Waals surface area contributed by atoms with Gasteiger partial charge in [-0.1, -0.05) is 67.4 Å². The Balaban J connectivity index is 1.38. The van der Waals surface area contributed by atoms with Gasteiger partial charge in [0.25, 0.3) is 0 Å². The Labute approximate surface area is 205 Å². The number of rotatable bonds is 6. The van der Waals surface area contributed by atoms with Gasteiger partial charge in [0.1, 0.15) is 11.4 Å². The van der Waals surface area contributed by atoms with Crippen LogP contribution in [0.15, 0.2) is 74.3 Å². The highest BCUT2D eigenvalue weighted by molar-refractivity contribution is 7.98. The summed E-state index contributed by atoms with van der Waals surface area (Å²) in [5, 5.41) is 15.6. The van der Waals surface area contributed by atoms with Gasteiger partial charge in [-0.3, -0.25) is 0 Å². The van der Waals surface area contributed by atoms with E-state index in [-0.39, 0.29) is 5.63 Å². The van der Waals surface area contributed by atoms with Crippen LogP contribution in [0.2, 0.25) is 0 Å². The van der Waals surface area contributed by atoms with E-state index in [4.69, 9.17) is 4.42 Å². The highest BCUT2D eigenvalue weighted by Crippen LogP contribution is 2.36. The molecule has 5 nitrogen and oxygen atoms in total. The molecule has 6 rings (SSSR count). The number of nitrogens with zero attached hydrogens (tertiary/aromatic N) is 3. The lowest BCUT2D eigenvalue weighted by atomic mass is 9.95. The predicted molar refractivity (Wildman–Crippen MR) is 139 cm³/mol. The second-order valence-corrected chi connectivity index (χ2v) is 10.8. The summed E-state index contributed by atoms with van der Waals surface area (Å²) in [6, 6.07) is 18.5. The predicted octanol–water partition coefficient (Wildman–Crippen LogP) is 6.99. The minimum atomic E-state index is -0.314. The number of aromatic nitrogens is 3. The minimum absolute atomic E-state index is 0.314. The molecule has 172 valence electrons. The van der Waals surface area contributed by atoms with Gasteiger partial charge >= 0.3 is 5.63 Å². The van der Waals surface area contributed by atoms with Crippen LogP contribution in [0.1, 0.15) is 54.4 Å². The zero-order valence-electron chi connectivity index (χ0n) is 18.8. The Morgan fingerprint density at radius 2 is 1.91 bits per heavy atom. The molecule has 1 fully saturated rings. The molecule has 0 aliphatic heterocycles. The number of thioether (sulfide) groups is 1. The molecule has 0 radical (unpaired) electrons. The third-order valence-corrected chi connectivity index (χ3v) is 8.53. The topological polar surface area (TPSA) is 60.9 Å². The van der Waals surface area contributed by atoms with Crippen molar-refractivity contribution >= 4 is 44.8 Å². The molecule has 0 N–H and O–H groups in total. The molecular formula is C27H25N3O2S2. The van der Waals surface area contributed by atoms with E-state index < -0.39 is 0 Å². The van der Waals surface area contributed by atoms with Crippen molar-refractivity contribution in [3.63, 3.8) is 0 Å². The first kappa shape index (κ1) is 21.6. The maximum absolute atomic E-state index is 12.3. The van der Waals surface area contributed by atoms with Crippen LogP contribution in [-0.2, 0) is 12.2 Å². The van der Waals surface area contributed by atoms with E-state index in [9.17, 15) is 4.79 Å². The lowest BCUT2D eigenvalue weighted by Gasteiger charge is -2.25. The van der Waals surface area contributed by atoms with E-state index in [1.54, 1.807) is 29.2 Å². The maximum atomic E-state index is 12.3. The third kappa shape index (κ3) is 4.18. The van der Waals surface area contributed by atoms with Crippen LogP contribution in [0.25, 0.3) is 21.7 Å². The molecule has 5 aromatic rings. The standard InChI is InChI=1S/C27H25N3O2S2/c31-25-15-19(26-22-11-5-4-7-18(22)12-13-23(26)32-25)17-34-27-29-28-24(16-21-10-6-14-33-21)30(27)20-8-2-1-3-9-20/h4-7,10-15,20H,1-3,8-9,16-17H2. The van der Waals surface area contributed by atoms with Crippen LogP contribution >= 0.6 is 23.1 Å². The van der Waals surface area contributed by atoms with Crippen molar-refractivity contribution in [1.29, 1.82) is 0 Å². The molecule has 1 saturated carbocycles. The number of thiophene rings is 1. The fourth-order valence-electron chi connectivity index (χ4n) is 5.08. The largest absolute Gasteiger partial charge is 0.423 e. The zero-order chi connectivity index (χ0) is 22.9. The Morgan fingerprint density at radius 3 is 2.76 bits per heavy atom. The smallest absolute Gasteiger partial charge is 0.336 e.